The van der Waals surface area contributed by atoms with Gasteiger partial charge in [-0.2, -0.15) is 9.97 Å². The number of nitrogens with two attached hydrogens (primary N) is 1. The van der Waals surface area contributed by atoms with Crippen molar-refractivity contribution in [3.63, 3.8) is 0 Å². The van der Waals surface area contributed by atoms with Gasteiger partial charge < -0.3 is 5.73 Å². The molecule has 0 saturated heterocycles. The second-order valence-electron chi connectivity index (χ2n) is 2.68. The van der Waals surface area contributed by atoms with E-state index in [1.165, 1.54) is 0 Å². The molecule has 0 saturated carbocycles. The molecule has 0 aromatic carbocycles. The molecule has 90 valence electrons. The SMILES string of the molecule is Nc1nc(C(Cl)(Cl)Cl)nc(C(Cl)(Cl)CCl)n1. The van der Waals surface area contributed by atoms with Gasteiger partial charge in [-0.05, 0) is 0 Å². The van der Waals surface area contributed by atoms with Crippen molar-refractivity contribution in [2.45, 2.75) is 8.13 Å². The van der Waals surface area contributed by atoms with Crippen LogP contribution in [0.4, 0.5) is 5.95 Å². The van der Waals surface area contributed by atoms with Crippen LogP contribution in [0, 0.1) is 0 Å². The lowest BCUT2D eigenvalue weighted by Gasteiger charge is -2.17. The first-order valence-electron chi connectivity index (χ1n) is 3.70. The van der Waals surface area contributed by atoms with E-state index in [4.69, 9.17) is 75.3 Å². The smallest absolute Gasteiger partial charge is 0.250 e. The summed E-state index contributed by atoms with van der Waals surface area (Å²) >= 11 is 34.0. The number of hydrogen-bond donors (Lipinski definition) is 1. The predicted molar refractivity (Wildman–Crippen MR) is 67.6 cm³/mol. The molecule has 0 fully saturated rings. The first-order chi connectivity index (χ1) is 7.16. The van der Waals surface area contributed by atoms with E-state index in [9.17, 15) is 0 Å². The van der Waals surface area contributed by atoms with Crippen molar-refractivity contribution < 1.29 is 0 Å². The summed E-state index contributed by atoms with van der Waals surface area (Å²) in [5, 5.41) is 0. The molecule has 1 heterocycles. The first kappa shape index (κ1) is 14.6. The average Bonchev–Trinajstić information content (AvgIpc) is 2.15. The Kier molecular flexibility index (Phi) is 4.60. The minimum atomic E-state index is -1.85. The molecule has 0 amide bonds. The minimum absolute atomic E-state index is 0.0698. The van der Waals surface area contributed by atoms with E-state index in [-0.39, 0.29) is 23.5 Å². The largest absolute Gasteiger partial charge is 0.368 e. The first-order valence-corrected chi connectivity index (χ1v) is 6.12. The van der Waals surface area contributed by atoms with E-state index in [1.807, 2.05) is 0 Å². The summed E-state index contributed by atoms with van der Waals surface area (Å²) in [6.45, 7) is 0. The fourth-order valence-corrected chi connectivity index (χ4v) is 1.28. The van der Waals surface area contributed by atoms with Gasteiger partial charge in [-0.3, -0.25) is 0 Å². The van der Waals surface area contributed by atoms with Gasteiger partial charge in [-0.15, -0.1) is 11.6 Å². The molecule has 1 aromatic heterocycles. The summed E-state index contributed by atoms with van der Waals surface area (Å²) in [6, 6.07) is 0. The maximum atomic E-state index is 5.84. The van der Waals surface area contributed by atoms with Crippen molar-refractivity contribution in [2.24, 2.45) is 0 Å². The third kappa shape index (κ3) is 3.52. The fraction of sp³-hybridized carbons (Fsp3) is 0.500. The summed E-state index contributed by atoms with van der Waals surface area (Å²) in [7, 11) is 0. The molecule has 0 radical (unpaired) electrons. The number of nitrogen functional groups attached to an aromatic ring is 1. The van der Waals surface area contributed by atoms with Crippen LogP contribution in [0.3, 0.4) is 0 Å². The molecule has 0 aliphatic carbocycles. The Morgan fingerprint density at radius 1 is 0.938 bits per heavy atom. The zero-order chi connectivity index (χ0) is 12.6. The van der Waals surface area contributed by atoms with Gasteiger partial charge in [-0.1, -0.05) is 58.0 Å². The van der Waals surface area contributed by atoms with Gasteiger partial charge in [0, 0.05) is 0 Å². The molecule has 0 aliphatic rings. The third-order valence-corrected chi connectivity index (χ3v) is 3.19. The highest BCUT2D eigenvalue weighted by Crippen LogP contribution is 2.38. The van der Waals surface area contributed by atoms with E-state index in [1.54, 1.807) is 0 Å². The van der Waals surface area contributed by atoms with Crippen molar-refractivity contribution >= 4 is 75.6 Å². The van der Waals surface area contributed by atoms with Crippen molar-refractivity contribution in [2.75, 3.05) is 11.6 Å². The number of rotatable bonds is 2. The van der Waals surface area contributed by atoms with Crippen molar-refractivity contribution in [1.82, 2.24) is 15.0 Å². The zero-order valence-electron chi connectivity index (χ0n) is 7.39. The fourth-order valence-electron chi connectivity index (χ4n) is 0.742. The highest BCUT2D eigenvalue weighted by molar-refractivity contribution is 6.66. The van der Waals surface area contributed by atoms with E-state index in [0.717, 1.165) is 0 Å². The number of halogens is 6. The molecule has 1 aromatic rings. The quantitative estimate of drug-likeness (QED) is 0.837. The van der Waals surface area contributed by atoms with Crippen LogP contribution in [0.25, 0.3) is 0 Å². The topological polar surface area (TPSA) is 64.7 Å². The summed E-state index contributed by atoms with van der Waals surface area (Å²) in [4.78, 5) is 11.2. The Morgan fingerprint density at radius 3 is 1.88 bits per heavy atom. The second-order valence-corrected chi connectivity index (χ2v) is 6.71. The lowest BCUT2D eigenvalue weighted by atomic mass is 10.4. The van der Waals surface area contributed by atoms with Gasteiger partial charge in [0.15, 0.2) is 16.0 Å². The number of anilines is 1. The summed E-state index contributed by atoms with van der Waals surface area (Å²) < 4.78 is -3.37. The zero-order valence-corrected chi connectivity index (χ0v) is 11.9. The Bertz CT molecular complexity index is 389. The molecule has 2 N–H and O–H groups in total. The van der Waals surface area contributed by atoms with Crippen LogP contribution in [0.15, 0.2) is 0 Å². The molecule has 0 unspecified atom stereocenters. The number of alkyl halides is 6. The molecule has 0 bridgehead atoms. The molecule has 0 aliphatic heterocycles. The minimum Gasteiger partial charge on any atom is -0.368 e. The Balaban J connectivity index is 3.29. The van der Waals surface area contributed by atoms with Crippen molar-refractivity contribution in [3.05, 3.63) is 11.6 Å². The average molecular weight is 345 g/mol. The van der Waals surface area contributed by atoms with Crippen LogP contribution in [-0.2, 0) is 8.13 Å². The monoisotopic (exact) mass is 342 g/mol. The van der Waals surface area contributed by atoms with Gasteiger partial charge in [-0.25, -0.2) is 4.98 Å². The lowest BCUT2D eigenvalue weighted by molar-refractivity contribution is 0.793. The Morgan fingerprint density at radius 2 is 1.44 bits per heavy atom. The summed E-state index contributed by atoms with van der Waals surface area (Å²) in [5.41, 5.74) is 5.41. The van der Waals surface area contributed by atoms with Crippen LogP contribution in [-0.4, -0.2) is 20.8 Å². The van der Waals surface area contributed by atoms with E-state index in [2.05, 4.69) is 15.0 Å². The maximum absolute atomic E-state index is 5.84. The number of hydrogen-bond acceptors (Lipinski definition) is 4. The third-order valence-electron chi connectivity index (χ3n) is 1.40. The second kappa shape index (κ2) is 5.04. The highest BCUT2D eigenvalue weighted by atomic mass is 35.6. The number of nitrogens with zero attached hydrogens (tertiary/aromatic N) is 3. The molecule has 0 atom stereocenters. The number of aromatic nitrogens is 3. The van der Waals surface area contributed by atoms with Crippen LogP contribution in [0.1, 0.15) is 11.6 Å². The van der Waals surface area contributed by atoms with Gasteiger partial charge in [0.25, 0.3) is 0 Å². The van der Waals surface area contributed by atoms with Gasteiger partial charge in [0.2, 0.25) is 9.74 Å². The molecule has 0 spiro atoms. The van der Waals surface area contributed by atoms with Gasteiger partial charge in [0.05, 0.1) is 5.88 Å². The molecular formula is C6H4Cl6N4. The van der Waals surface area contributed by atoms with Gasteiger partial charge in [0.1, 0.15) is 0 Å². The van der Waals surface area contributed by atoms with Crippen LogP contribution >= 0.6 is 69.6 Å². The Labute approximate surface area is 121 Å². The van der Waals surface area contributed by atoms with E-state index in [0.29, 0.717) is 0 Å². The molecule has 10 heteroatoms. The Hall–Kier alpha value is 0.550. The predicted octanol–water partition coefficient (Wildman–Crippen LogP) is 3.15. The van der Waals surface area contributed by atoms with E-state index < -0.39 is 8.13 Å². The summed E-state index contributed by atoms with van der Waals surface area (Å²) in [6.07, 6.45) is 0. The molecule has 16 heavy (non-hydrogen) atoms. The maximum Gasteiger partial charge on any atom is 0.250 e. The van der Waals surface area contributed by atoms with E-state index >= 15 is 0 Å². The highest BCUT2D eigenvalue weighted by Gasteiger charge is 2.34. The lowest BCUT2D eigenvalue weighted by Crippen LogP contribution is -2.22. The molecule has 4 nitrogen and oxygen atoms in total. The van der Waals surface area contributed by atoms with Crippen LogP contribution in [0.5, 0.6) is 0 Å². The van der Waals surface area contributed by atoms with Gasteiger partial charge >= 0.3 is 0 Å². The van der Waals surface area contributed by atoms with Crippen LogP contribution in [0.2, 0.25) is 0 Å². The van der Waals surface area contributed by atoms with Crippen molar-refractivity contribution in [1.29, 1.82) is 0 Å². The van der Waals surface area contributed by atoms with Crippen LogP contribution < -0.4 is 5.73 Å². The molecular weight excluding hydrogens is 341 g/mol. The molecule has 1 rings (SSSR count). The normalized spacial score (nSPS) is 12.9. The van der Waals surface area contributed by atoms with Crippen molar-refractivity contribution in [3.8, 4) is 0 Å². The standard InChI is InChI=1S/C6H4Cl6N4/c7-1-5(8,9)2-14-3(6(10,11)12)16-4(13)15-2/h1H2,(H2,13,14,15,16). The summed E-state index contributed by atoms with van der Waals surface area (Å²) in [5.74, 6) is -0.559.